The van der Waals surface area contributed by atoms with Gasteiger partial charge in [-0.3, -0.25) is 24.1 Å². The standard InChI is InChI=1S/C52H57ClN8O18S/c1-28(56-70)29-4-8-37-31(18-29)19-38(54-37)51(69)61-24-32(23-53)46-36-21-34(73-3)6-7-35(36)41(22-39(46)61)78-80(71,72)79-42-20-30(5-9-40(42)76-52-49(67)48(66)47(65)43(26-62)77-52)50(68)58(2)12-15-74-16-13-59-25-33(55-57-59)27-75-17-14-60-44(63)10-11-45(60)64/h4-9,18-22,25,32,43,47-49,52,54,62,65-67,70H,10-17,23-24,26-27H2,1-3H3/b56-28+/t32-,43-,47+,48+,49?,52-/m1/s1. The van der Waals surface area contributed by atoms with Crippen LogP contribution in [0.5, 0.6) is 23.0 Å². The molecule has 426 valence electrons. The quantitative estimate of drug-likeness (QED) is 0.0134. The molecule has 2 aromatic heterocycles. The number of imide groups is 1. The number of hydrogen-bond acceptors (Lipinski definition) is 21. The van der Waals surface area contributed by atoms with Gasteiger partial charge in [-0.05, 0) is 78.0 Å². The summed E-state index contributed by atoms with van der Waals surface area (Å²) in [6.07, 6.45) is -6.71. The Bertz CT molecular complexity index is 3430. The number of likely N-dealkylation sites (tertiary alicyclic amines) is 1. The number of ether oxygens (including phenoxy) is 5. The van der Waals surface area contributed by atoms with Crippen LogP contribution < -0.4 is 22.7 Å². The number of aliphatic hydroxyl groups is 4. The lowest BCUT2D eigenvalue weighted by molar-refractivity contribution is -0.277. The first-order valence-corrected chi connectivity index (χ1v) is 27.0. The molecule has 0 aliphatic carbocycles. The molecule has 26 nitrogen and oxygen atoms in total. The van der Waals surface area contributed by atoms with Crippen molar-refractivity contribution in [2.24, 2.45) is 5.16 Å². The van der Waals surface area contributed by atoms with Crippen molar-refractivity contribution >= 4 is 78.7 Å². The maximum atomic E-state index is 14.5. The number of rotatable bonds is 23. The molecule has 28 heteroatoms. The molecular weight excluding hydrogens is 1090 g/mol. The van der Waals surface area contributed by atoms with Crippen molar-refractivity contribution in [2.75, 3.05) is 71.0 Å². The van der Waals surface area contributed by atoms with Gasteiger partial charge in [-0.1, -0.05) is 16.4 Å². The first-order chi connectivity index (χ1) is 38.4. The lowest BCUT2D eigenvalue weighted by Gasteiger charge is -2.39. The van der Waals surface area contributed by atoms with Crippen molar-refractivity contribution in [3.05, 3.63) is 101 Å². The lowest BCUT2D eigenvalue weighted by Crippen LogP contribution is -2.60. The van der Waals surface area contributed by atoms with Gasteiger partial charge < -0.3 is 72.5 Å². The Labute approximate surface area is 461 Å². The summed E-state index contributed by atoms with van der Waals surface area (Å²) in [6.45, 7) is 1.91. The van der Waals surface area contributed by atoms with Crippen LogP contribution in [0.4, 0.5) is 5.69 Å². The van der Waals surface area contributed by atoms with Gasteiger partial charge in [0.25, 0.3) is 11.8 Å². The number of nitrogens with one attached hydrogen (secondary N) is 1. The fourth-order valence-electron chi connectivity index (χ4n) is 9.46. The first kappa shape index (κ1) is 57.2. The lowest BCUT2D eigenvalue weighted by atomic mass is 9.95. The number of oxime groups is 1. The second-order valence-corrected chi connectivity index (χ2v) is 20.5. The number of aromatic nitrogens is 4. The molecule has 6 N–H and O–H groups in total. The first-order valence-electron chi connectivity index (χ1n) is 25.1. The summed E-state index contributed by atoms with van der Waals surface area (Å²) >= 11 is 6.57. The molecule has 4 aromatic carbocycles. The van der Waals surface area contributed by atoms with E-state index in [0.29, 0.717) is 51.1 Å². The monoisotopic (exact) mass is 1150 g/mol. The van der Waals surface area contributed by atoms with Gasteiger partial charge in [-0.15, -0.1) is 25.1 Å². The fourth-order valence-corrected chi connectivity index (χ4v) is 10.5. The number of halogens is 1. The minimum atomic E-state index is -5.28. The predicted octanol–water partition coefficient (Wildman–Crippen LogP) is 2.44. The Morgan fingerprint density at radius 2 is 1.64 bits per heavy atom. The minimum Gasteiger partial charge on any atom is -0.497 e. The van der Waals surface area contributed by atoms with E-state index in [4.69, 9.17) is 43.7 Å². The molecule has 0 spiro atoms. The number of amides is 4. The molecule has 5 heterocycles. The van der Waals surface area contributed by atoms with Crippen LogP contribution in [0, 0.1) is 0 Å². The molecule has 80 heavy (non-hydrogen) atoms. The summed E-state index contributed by atoms with van der Waals surface area (Å²) in [5.74, 6) is -2.94. The molecule has 0 saturated carbocycles. The van der Waals surface area contributed by atoms with Gasteiger partial charge >= 0.3 is 10.4 Å². The molecule has 6 atom stereocenters. The third kappa shape index (κ3) is 12.3. The fraction of sp³-hybridized carbons (Fsp3) is 0.404. The van der Waals surface area contributed by atoms with E-state index in [1.165, 1.54) is 45.7 Å². The van der Waals surface area contributed by atoms with Crippen LogP contribution in [-0.4, -0.2) is 190 Å². The van der Waals surface area contributed by atoms with Crippen molar-refractivity contribution in [3.8, 4) is 23.0 Å². The van der Waals surface area contributed by atoms with Crippen LogP contribution >= 0.6 is 11.6 Å². The van der Waals surface area contributed by atoms with Gasteiger partial charge in [0.15, 0.2) is 17.2 Å². The van der Waals surface area contributed by atoms with Gasteiger partial charge in [0.1, 0.15) is 41.6 Å². The van der Waals surface area contributed by atoms with Crippen molar-refractivity contribution < 1.29 is 85.3 Å². The maximum absolute atomic E-state index is 14.5. The van der Waals surface area contributed by atoms with Gasteiger partial charge in [0.2, 0.25) is 18.1 Å². The van der Waals surface area contributed by atoms with Crippen LogP contribution in [-0.2, 0) is 47.4 Å². The van der Waals surface area contributed by atoms with Gasteiger partial charge in [0.05, 0.1) is 70.8 Å². The second kappa shape index (κ2) is 24.5. The summed E-state index contributed by atoms with van der Waals surface area (Å²) in [5.41, 5.74) is 3.07. The van der Waals surface area contributed by atoms with Crippen molar-refractivity contribution in [1.29, 1.82) is 0 Å². The van der Waals surface area contributed by atoms with E-state index in [2.05, 4.69) is 20.5 Å². The Kier molecular flexibility index (Phi) is 17.5. The van der Waals surface area contributed by atoms with E-state index in [1.807, 2.05) is 0 Å². The molecule has 3 aliphatic heterocycles. The highest BCUT2D eigenvalue weighted by Crippen LogP contribution is 2.47. The largest absolute Gasteiger partial charge is 0.501 e. The normalized spacial score (nSPS) is 20.4. The molecule has 6 aromatic rings. The van der Waals surface area contributed by atoms with Gasteiger partial charge in [0, 0.05) is 72.7 Å². The number of likely N-dealkylation sites (N-methyl/N-ethyl adjacent to an activating group) is 1. The number of carbonyl (C=O) groups excluding carboxylic acids is 4. The van der Waals surface area contributed by atoms with Crippen molar-refractivity contribution in [3.63, 3.8) is 0 Å². The van der Waals surface area contributed by atoms with E-state index in [0.717, 1.165) is 12.1 Å². The topological polar surface area (TPSA) is 337 Å². The van der Waals surface area contributed by atoms with Crippen molar-refractivity contribution in [1.82, 2.24) is 29.8 Å². The van der Waals surface area contributed by atoms with Crippen LogP contribution in [0.3, 0.4) is 0 Å². The second-order valence-electron chi connectivity index (χ2n) is 19.0. The summed E-state index contributed by atoms with van der Waals surface area (Å²) in [4.78, 5) is 59.1. The Hall–Kier alpha value is -7.47. The Morgan fingerprint density at radius 1 is 0.887 bits per heavy atom. The molecule has 0 radical (unpaired) electrons. The van der Waals surface area contributed by atoms with Crippen LogP contribution in [0.25, 0.3) is 21.7 Å². The van der Waals surface area contributed by atoms with Crippen LogP contribution in [0.15, 0.2) is 78.1 Å². The number of fused-ring (bicyclic) bond motifs is 4. The highest BCUT2D eigenvalue weighted by Gasteiger charge is 2.45. The molecular formula is C52H57ClN8O18S. The summed E-state index contributed by atoms with van der Waals surface area (Å²) < 4.78 is 69.8. The number of benzene rings is 4. The van der Waals surface area contributed by atoms with E-state index >= 15 is 0 Å². The average molecular weight is 1150 g/mol. The molecule has 3 aliphatic rings. The van der Waals surface area contributed by atoms with Gasteiger partial charge in [-0.2, -0.15) is 0 Å². The predicted molar refractivity (Wildman–Crippen MR) is 282 cm³/mol. The smallest absolute Gasteiger partial charge is 0.497 e. The number of aliphatic hydroxyl groups excluding tert-OH is 4. The van der Waals surface area contributed by atoms with Gasteiger partial charge in [-0.25, -0.2) is 4.68 Å². The number of hydrogen-bond donors (Lipinski definition) is 6. The number of anilines is 1. The zero-order valence-electron chi connectivity index (χ0n) is 43.3. The average Bonchev–Trinajstić information content (AvgIpc) is 4.35. The minimum absolute atomic E-state index is 0.0547. The maximum Gasteiger partial charge on any atom is 0.501 e. The van der Waals surface area contributed by atoms with E-state index in [1.54, 1.807) is 55.6 Å². The number of carbonyl (C=O) groups is 4. The zero-order chi connectivity index (χ0) is 57.0. The zero-order valence-corrected chi connectivity index (χ0v) is 44.9. The SMILES string of the molecule is COc1ccc2c(OS(=O)(=O)Oc3cc(C(=O)N(C)CCOCCn4cc(COCCN5C(=O)CCC5=O)nn4)ccc3O[C@@H]3O[C@H](CO)[C@H](O)[C@H](O)C3O)cc3c(c2c1)[C@H](CCl)CN3C(=O)c1cc2cc(/C(C)=N/O)ccc2[nH]1. The molecule has 2 saturated heterocycles. The summed E-state index contributed by atoms with van der Waals surface area (Å²) in [7, 11) is -2.35. The van der Waals surface area contributed by atoms with E-state index < -0.39 is 76.9 Å². The highest BCUT2D eigenvalue weighted by atomic mass is 35.5. The number of methoxy groups -OCH3 is 1. The van der Waals surface area contributed by atoms with Crippen LogP contribution in [0.1, 0.15) is 63.4 Å². The summed E-state index contributed by atoms with van der Waals surface area (Å²) in [5, 5.41) is 63.7. The number of aromatic amines is 1. The Balaban J connectivity index is 0.929. The third-order valence-corrected chi connectivity index (χ3v) is 14.9. The molecule has 2 fully saturated rings. The molecule has 0 bridgehead atoms. The summed E-state index contributed by atoms with van der Waals surface area (Å²) in [6, 6.07) is 16.5. The van der Waals surface area contributed by atoms with E-state index in [-0.39, 0.29) is 105 Å². The number of H-pyrrole nitrogens is 1. The van der Waals surface area contributed by atoms with Crippen LogP contribution in [0.2, 0.25) is 0 Å². The third-order valence-electron chi connectivity index (χ3n) is 13.8. The van der Waals surface area contributed by atoms with Crippen molar-refractivity contribution in [2.45, 2.75) is 69.5 Å². The molecule has 1 unspecified atom stereocenters. The highest BCUT2D eigenvalue weighted by molar-refractivity contribution is 7.82. The Morgan fingerprint density at radius 3 is 2.38 bits per heavy atom. The molecule has 4 amide bonds. The molecule has 9 rings (SSSR count). The van der Waals surface area contributed by atoms with E-state index in [9.17, 15) is 53.2 Å². The number of alkyl halides is 1. The number of nitrogens with zero attached hydrogens (tertiary/aromatic N) is 7.